The van der Waals surface area contributed by atoms with Crippen molar-refractivity contribution < 1.29 is 0 Å². The van der Waals surface area contributed by atoms with Crippen LogP contribution in [0.4, 0.5) is 0 Å². The summed E-state index contributed by atoms with van der Waals surface area (Å²) >= 11 is 0. The molecule has 0 bridgehead atoms. The summed E-state index contributed by atoms with van der Waals surface area (Å²) in [6.07, 6.45) is 5.22. The third kappa shape index (κ3) is 5.93. The molecule has 10 heavy (non-hydrogen) atoms. The molecule has 0 rings (SSSR count). The van der Waals surface area contributed by atoms with Crippen molar-refractivity contribution in [3.05, 3.63) is 12.2 Å². The van der Waals surface area contributed by atoms with Crippen LogP contribution in [0.3, 0.4) is 0 Å². The van der Waals surface area contributed by atoms with Gasteiger partial charge in [-0.3, -0.25) is 0 Å². The molecular weight excluding hydrogens is 119 g/mol. The van der Waals surface area contributed by atoms with Crippen LogP contribution in [-0.2, 0) is 0 Å². The van der Waals surface area contributed by atoms with Crippen LogP contribution in [0.25, 0.3) is 0 Å². The van der Waals surface area contributed by atoms with Crippen molar-refractivity contribution in [2.45, 2.75) is 39.4 Å². The van der Waals surface area contributed by atoms with Crippen molar-refractivity contribution in [2.75, 3.05) is 0 Å². The van der Waals surface area contributed by atoms with Gasteiger partial charge in [-0.15, -0.1) is 6.58 Å². The molecule has 0 heterocycles. The van der Waals surface area contributed by atoms with Gasteiger partial charge in [0.1, 0.15) is 7.85 Å². The fourth-order valence-electron chi connectivity index (χ4n) is 0.956. The second-order valence-electron chi connectivity index (χ2n) is 3.36. The van der Waals surface area contributed by atoms with Gasteiger partial charge in [-0.1, -0.05) is 31.2 Å². The third-order valence-corrected chi connectivity index (χ3v) is 2.00. The third-order valence-electron chi connectivity index (χ3n) is 2.00. The lowest BCUT2D eigenvalue weighted by molar-refractivity contribution is 0.555. The van der Waals surface area contributed by atoms with E-state index < -0.39 is 0 Å². The molecule has 0 nitrogen and oxygen atoms in total. The predicted molar refractivity (Wildman–Crippen MR) is 51.2 cm³/mol. The lowest BCUT2D eigenvalue weighted by Gasteiger charge is -2.06. The van der Waals surface area contributed by atoms with Crippen molar-refractivity contribution >= 4 is 7.85 Å². The summed E-state index contributed by atoms with van der Waals surface area (Å²) < 4.78 is 0. The highest BCUT2D eigenvalue weighted by atomic mass is 14.0. The Bertz CT molecular complexity index is 96.9. The highest BCUT2D eigenvalue weighted by molar-refractivity contribution is 6.08. The van der Waals surface area contributed by atoms with Crippen molar-refractivity contribution in [3.8, 4) is 0 Å². The molecule has 0 aromatic carbocycles. The van der Waals surface area contributed by atoms with Crippen LogP contribution in [0.2, 0.25) is 6.32 Å². The first-order chi connectivity index (χ1) is 4.66. The zero-order valence-corrected chi connectivity index (χ0v) is 7.61. The molecule has 0 fully saturated rings. The smallest absolute Gasteiger partial charge is 0.100 e. The van der Waals surface area contributed by atoms with Crippen LogP contribution in [0, 0.1) is 5.92 Å². The minimum Gasteiger partial charge on any atom is -0.100 e. The molecule has 0 saturated heterocycles. The van der Waals surface area contributed by atoms with E-state index >= 15 is 0 Å². The zero-order valence-electron chi connectivity index (χ0n) is 7.61. The summed E-state index contributed by atoms with van der Waals surface area (Å²) in [4.78, 5) is 0. The Labute approximate surface area is 66.1 Å². The van der Waals surface area contributed by atoms with E-state index in [0.717, 1.165) is 5.92 Å². The Kier molecular flexibility index (Phi) is 5.47. The molecule has 0 saturated carbocycles. The molecule has 1 heteroatoms. The second-order valence-corrected chi connectivity index (χ2v) is 3.36. The number of hydrogen-bond donors (Lipinski definition) is 0. The van der Waals surface area contributed by atoms with Crippen molar-refractivity contribution in [2.24, 2.45) is 5.92 Å². The fraction of sp³-hybridized carbons (Fsp3) is 0.778. The summed E-state index contributed by atoms with van der Waals surface area (Å²) in [7, 11) is 2.26. The molecule has 0 aromatic heterocycles. The van der Waals surface area contributed by atoms with Gasteiger partial charge in [0.15, 0.2) is 0 Å². The molecule has 0 amide bonds. The van der Waals surface area contributed by atoms with Gasteiger partial charge in [-0.2, -0.15) is 0 Å². The molecule has 0 N–H and O–H groups in total. The van der Waals surface area contributed by atoms with E-state index in [9.17, 15) is 0 Å². The average Bonchev–Trinajstić information content (AvgIpc) is 1.87. The topological polar surface area (TPSA) is 0 Å². The minimum atomic E-state index is 0.902. The van der Waals surface area contributed by atoms with Gasteiger partial charge in [0.05, 0.1) is 0 Å². The molecular formula is C9H19B. The standard InChI is InChI=1S/C9H19B/c1-8(2)5-4-6-9(3)7-10/h9H,1,4-7,10H2,2-3H3. The van der Waals surface area contributed by atoms with Crippen LogP contribution in [0.15, 0.2) is 12.2 Å². The second kappa shape index (κ2) is 5.58. The van der Waals surface area contributed by atoms with E-state index in [-0.39, 0.29) is 0 Å². The molecule has 0 aliphatic carbocycles. The van der Waals surface area contributed by atoms with Gasteiger partial charge in [-0.05, 0) is 19.8 Å². The van der Waals surface area contributed by atoms with Gasteiger partial charge in [0, 0.05) is 0 Å². The van der Waals surface area contributed by atoms with E-state index in [1.54, 1.807) is 0 Å². The Morgan fingerprint density at radius 2 is 2.20 bits per heavy atom. The fourth-order valence-corrected chi connectivity index (χ4v) is 0.956. The van der Waals surface area contributed by atoms with Gasteiger partial charge in [0.2, 0.25) is 0 Å². The molecule has 0 aliphatic heterocycles. The molecule has 0 aromatic rings. The van der Waals surface area contributed by atoms with E-state index in [0.29, 0.717) is 0 Å². The highest BCUT2D eigenvalue weighted by Gasteiger charge is 1.97. The number of hydrogen-bond acceptors (Lipinski definition) is 0. The molecule has 0 spiro atoms. The Morgan fingerprint density at radius 1 is 1.60 bits per heavy atom. The maximum atomic E-state index is 3.88. The Balaban J connectivity index is 3.11. The molecule has 0 radical (unpaired) electrons. The first kappa shape index (κ1) is 9.80. The van der Waals surface area contributed by atoms with Gasteiger partial charge >= 0.3 is 0 Å². The first-order valence-corrected chi connectivity index (χ1v) is 4.31. The van der Waals surface area contributed by atoms with Crippen LogP contribution in [0.5, 0.6) is 0 Å². The van der Waals surface area contributed by atoms with Crippen LogP contribution < -0.4 is 0 Å². The monoisotopic (exact) mass is 138 g/mol. The van der Waals surface area contributed by atoms with Crippen molar-refractivity contribution in [1.29, 1.82) is 0 Å². The predicted octanol–water partition coefficient (Wildman–Crippen LogP) is 2.42. The average molecular weight is 138 g/mol. The summed E-state index contributed by atoms with van der Waals surface area (Å²) in [5.74, 6) is 0.902. The van der Waals surface area contributed by atoms with E-state index in [1.807, 2.05) is 0 Å². The largest absolute Gasteiger partial charge is 0.101 e. The van der Waals surface area contributed by atoms with Crippen LogP contribution in [0.1, 0.15) is 33.1 Å². The Morgan fingerprint density at radius 3 is 2.60 bits per heavy atom. The molecule has 0 aliphatic rings. The first-order valence-electron chi connectivity index (χ1n) is 4.31. The lowest BCUT2D eigenvalue weighted by atomic mass is 9.89. The molecule has 58 valence electrons. The summed E-state index contributed by atoms with van der Waals surface area (Å²) in [6, 6.07) is 0. The van der Waals surface area contributed by atoms with Gasteiger partial charge < -0.3 is 0 Å². The summed E-state index contributed by atoms with van der Waals surface area (Å²) in [5.41, 5.74) is 1.32. The highest BCUT2D eigenvalue weighted by Crippen LogP contribution is 2.12. The van der Waals surface area contributed by atoms with E-state index in [4.69, 9.17) is 0 Å². The normalized spacial score (nSPS) is 13.0. The SMILES string of the molecule is BCC(C)CCCC(=C)C. The maximum Gasteiger partial charge on any atom is 0.101 e. The molecule has 1 unspecified atom stereocenters. The minimum absolute atomic E-state index is 0.902. The Hall–Kier alpha value is -0.195. The summed E-state index contributed by atoms with van der Waals surface area (Å²) in [6.45, 7) is 8.30. The number of allylic oxidation sites excluding steroid dienone is 1. The van der Waals surface area contributed by atoms with Crippen LogP contribution in [-0.4, -0.2) is 7.85 Å². The van der Waals surface area contributed by atoms with E-state index in [1.165, 1.54) is 31.2 Å². The van der Waals surface area contributed by atoms with Gasteiger partial charge in [0.25, 0.3) is 0 Å². The van der Waals surface area contributed by atoms with Gasteiger partial charge in [-0.25, -0.2) is 0 Å². The number of rotatable bonds is 5. The molecule has 1 atom stereocenters. The quantitative estimate of drug-likeness (QED) is 0.404. The van der Waals surface area contributed by atoms with Crippen molar-refractivity contribution in [1.82, 2.24) is 0 Å². The van der Waals surface area contributed by atoms with E-state index in [2.05, 4.69) is 28.3 Å². The maximum absolute atomic E-state index is 3.88. The van der Waals surface area contributed by atoms with Crippen molar-refractivity contribution in [3.63, 3.8) is 0 Å². The lowest BCUT2D eigenvalue weighted by Crippen LogP contribution is -1.92. The van der Waals surface area contributed by atoms with Crippen LogP contribution >= 0.6 is 0 Å². The summed E-state index contributed by atoms with van der Waals surface area (Å²) in [5, 5.41) is 0. The zero-order chi connectivity index (χ0) is 7.98.